The van der Waals surface area contributed by atoms with Crippen molar-refractivity contribution in [1.29, 1.82) is 0 Å². The Bertz CT molecular complexity index is 616. The number of hydrogen-bond donors (Lipinski definition) is 0. The van der Waals surface area contributed by atoms with E-state index in [1.165, 1.54) is 21.3 Å². The van der Waals surface area contributed by atoms with Crippen molar-refractivity contribution in [3.05, 3.63) is 92.5 Å². The molecule has 0 fully saturated rings. The van der Waals surface area contributed by atoms with E-state index in [2.05, 4.69) is 72.5 Å². The van der Waals surface area contributed by atoms with Gasteiger partial charge in [0.15, 0.2) is 0 Å². The first kappa shape index (κ1) is 27.4. The molecule has 1 nitrogen and oxygen atoms in total. The molecule has 0 saturated carbocycles. The summed E-state index contributed by atoms with van der Waals surface area (Å²) in [7, 11) is 0. The molecule has 0 unspecified atom stereocenters. The van der Waals surface area contributed by atoms with E-state index < -0.39 is 0 Å². The number of benzene rings is 2. The van der Waals surface area contributed by atoms with Crippen LogP contribution in [0.25, 0.3) is 0 Å². The number of rotatable bonds is 3. The van der Waals surface area contributed by atoms with Gasteiger partial charge in [-0.15, -0.1) is 11.3 Å². The molecule has 25 heavy (non-hydrogen) atoms. The zero-order valence-electron chi connectivity index (χ0n) is 15.9. The predicted molar refractivity (Wildman–Crippen MR) is 108 cm³/mol. The maximum Gasteiger partial charge on any atom is 0.100 e. The van der Waals surface area contributed by atoms with Gasteiger partial charge in [0.05, 0.1) is 0 Å². The van der Waals surface area contributed by atoms with Crippen LogP contribution in [-0.2, 0) is 20.4 Å². The SMILES string of the molecule is CC.Cc1ccc(N(c2ccccc2)c2ccccc2)s1.[CH3-].[CH3-].[Re].[Rf]. The molecule has 0 saturated heterocycles. The fourth-order valence-corrected chi connectivity index (χ4v) is 3.00. The summed E-state index contributed by atoms with van der Waals surface area (Å²) in [6.07, 6.45) is 0. The number of aryl methyl sites for hydroxylation is 1. The van der Waals surface area contributed by atoms with E-state index in [4.69, 9.17) is 0 Å². The third kappa shape index (κ3) is 6.93. The number of anilines is 3. The molecule has 2 aromatic carbocycles. The molecule has 4 heteroatoms. The average molecular weight is 779 g/mol. The fourth-order valence-electron chi connectivity index (χ4n) is 2.10. The molecule has 0 atom stereocenters. The minimum absolute atomic E-state index is 0. The van der Waals surface area contributed by atoms with Gasteiger partial charge >= 0.3 is 0 Å². The van der Waals surface area contributed by atoms with E-state index in [-0.39, 0.29) is 35.3 Å². The van der Waals surface area contributed by atoms with Crippen LogP contribution < -0.4 is 4.90 Å². The predicted octanol–water partition coefficient (Wildman–Crippen LogP) is 7.45. The molecule has 1 heterocycles. The van der Waals surface area contributed by atoms with E-state index >= 15 is 0 Å². The molecular weight excluding hydrogens is 752 g/mol. The molecule has 1 radical (unpaired) electrons. The van der Waals surface area contributed by atoms with Crippen molar-refractivity contribution in [3.8, 4) is 0 Å². The van der Waals surface area contributed by atoms with Crippen LogP contribution in [0.1, 0.15) is 18.7 Å². The van der Waals surface area contributed by atoms with Gasteiger partial charge in [-0.1, -0.05) is 50.2 Å². The molecule has 0 aliphatic rings. The minimum atomic E-state index is 0. The summed E-state index contributed by atoms with van der Waals surface area (Å²) in [4.78, 5) is 3.62. The summed E-state index contributed by atoms with van der Waals surface area (Å²) in [5, 5.41) is 1.25. The number of nitrogens with zero attached hydrogens (tertiary/aromatic N) is 1. The number of para-hydroxylation sites is 2. The van der Waals surface area contributed by atoms with Crippen LogP contribution in [0.5, 0.6) is 0 Å². The smallest absolute Gasteiger partial charge is 0.100 e. The van der Waals surface area contributed by atoms with Crippen molar-refractivity contribution in [2.24, 2.45) is 0 Å². The van der Waals surface area contributed by atoms with Crippen molar-refractivity contribution in [2.75, 3.05) is 4.90 Å². The molecule has 0 aliphatic heterocycles. The summed E-state index contributed by atoms with van der Waals surface area (Å²) in [5.41, 5.74) is 2.38. The van der Waals surface area contributed by atoms with Crippen molar-refractivity contribution < 1.29 is 20.4 Å². The van der Waals surface area contributed by atoms with Crippen molar-refractivity contribution >= 4 is 27.7 Å². The standard InChI is InChI=1S/C17H15NS.C2H6.2CH3.Re.Rf/c1-14-12-13-17(19-14)18(15-8-4-2-5-9-15)16-10-6-3-7-11-16;1-2;;;;/h2-13H,1H3;1-2H3;2*1H3;;/q;;2*-1;;. The summed E-state index contributed by atoms with van der Waals surface area (Å²) in [6.45, 7) is 6.14. The second-order valence-corrected chi connectivity index (χ2v) is 5.66. The monoisotopic (exact) mass is 779 g/mol. The Morgan fingerprint density at radius 2 is 1.08 bits per heavy atom. The summed E-state index contributed by atoms with van der Waals surface area (Å²) in [5.74, 6) is 0. The van der Waals surface area contributed by atoms with E-state index in [0.717, 1.165) is 0 Å². The van der Waals surface area contributed by atoms with Crippen LogP contribution in [0, 0.1) is 21.8 Å². The largest absolute Gasteiger partial charge is 0.358 e. The van der Waals surface area contributed by atoms with E-state index in [1.54, 1.807) is 0 Å². The van der Waals surface area contributed by atoms with Gasteiger partial charge in [-0.25, -0.2) is 0 Å². The molecule has 133 valence electrons. The summed E-state index contributed by atoms with van der Waals surface area (Å²) >= 11 is 1.81. The molecule has 1 aromatic heterocycles. The third-order valence-electron chi connectivity index (χ3n) is 2.98. The molecule has 0 aliphatic carbocycles. The average Bonchev–Trinajstić information content (AvgIpc) is 2.98. The van der Waals surface area contributed by atoms with Gasteiger partial charge in [0, 0.05) is 36.7 Å². The van der Waals surface area contributed by atoms with E-state index in [9.17, 15) is 0 Å². The molecule has 3 aromatic rings. The van der Waals surface area contributed by atoms with Crippen LogP contribution in [0.4, 0.5) is 16.4 Å². The first-order valence-corrected chi connectivity index (χ1v) is 8.13. The van der Waals surface area contributed by atoms with Crippen molar-refractivity contribution in [1.82, 2.24) is 0 Å². The van der Waals surface area contributed by atoms with Gasteiger partial charge < -0.3 is 19.8 Å². The summed E-state index contributed by atoms with van der Waals surface area (Å²) in [6, 6.07) is 25.3. The second-order valence-electron chi connectivity index (χ2n) is 4.39. The van der Waals surface area contributed by atoms with Crippen LogP contribution in [0.15, 0.2) is 72.8 Å². The Labute approximate surface area is 166 Å². The Morgan fingerprint density at radius 3 is 1.40 bits per heavy atom. The number of hydrogen-bond acceptors (Lipinski definition) is 2. The normalized spacial score (nSPS) is 8.12. The Balaban J connectivity index is -0.000000780. The van der Waals surface area contributed by atoms with Gasteiger partial charge in [0.1, 0.15) is 5.00 Å². The van der Waals surface area contributed by atoms with Crippen LogP contribution in [-0.4, -0.2) is 0 Å². The van der Waals surface area contributed by atoms with Crippen molar-refractivity contribution in [3.63, 3.8) is 0 Å². The zero-order chi connectivity index (χ0) is 15.1. The zero-order valence-corrected chi connectivity index (χ0v) is 25.8. The van der Waals surface area contributed by atoms with Crippen molar-refractivity contribution in [2.45, 2.75) is 20.8 Å². The fraction of sp³-hybridized carbons (Fsp3) is 0.143. The first-order valence-electron chi connectivity index (χ1n) is 7.31. The molecule has 3 rings (SSSR count). The maximum absolute atomic E-state index is 2.29. The molecule has 0 bridgehead atoms. The second kappa shape index (κ2) is 14.0. The van der Waals surface area contributed by atoms with Gasteiger partial charge in [0.2, 0.25) is 0 Å². The van der Waals surface area contributed by atoms with E-state index in [0.29, 0.717) is 0 Å². The molecule has 0 spiro atoms. The molecule has 0 N–H and O–H groups in total. The Hall–Kier alpha value is -2.40. The minimum Gasteiger partial charge on any atom is -0.358 e. The van der Waals surface area contributed by atoms with Gasteiger partial charge in [-0.3, -0.25) is 0 Å². The summed E-state index contributed by atoms with van der Waals surface area (Å²) < 4.78 is 0. The van der Waals surface area contributed by atoms with Crippen LogP contribution >= 0.6 is 11.3 Å². The first-order chi connectivity index (χ1) is 10.3. The van der Waals surface area contributed by atoms with Crippen LogP contribution in [0.3, 0.4) is 0 Å². The number of thiophene rings is 1. The van der Waals surface area contributed by atoms with Gasteiger partial charge in [0.25, 0.3) is 0 Å². The van der Waals surface area contributed by atoms with Gasteiger partial charge in [-0.2, -0.15) is 0 Å². The third-order valence-corrected chi connectivity index (χ3v) is 3.96. The topological polar surface area (TPSA) is 3.24 Å². The van der Waals surface area contributed by atoms with Crippen LogP contribution in [0.2, 0.25) is 0 Å². The maximum atomic E-state index is 2.29. The Morgan fingerprint density at radius 1 is 0.680 bits per heavy atom. The molecule has 0 amide bonds. The van der Waals surface area contributed by atoms with Gasteiger partial charge in [-0.05, 0) is 43.3 Å². The molecular formula is C21H27NReRfS-2. The quantitative estimate of drug-likeness (QED) is 0.250. The Kier molecular flexibility index (Phi) is 15.4. The van der Waals surface area contributed by atoms with E-state index in [1.807, 2.05) is 37.3 Å².